The van der Waals surface area contributed by atoms with Crippen LogP contribution in [-0.2, 0) is 31.9 Å². The van der Waals surface area contributed by atoms with Gasteiger partial charge in [-0.15, -0.1) is 0 Å². The summed E-state index contributed by atoms with van der Waals surface area (Å²) < 4.78 is 10.7. The predicted molar refractivity (Wildman–Crippen MR) is 137 cm³/mol. The molecule has 35 heavy (non-hydrogen) atoms. The summed E-state index contributed by atoms with van der Waals surface area (Å²) in [5, 5.41) is 15.7. The second-order valence-electron chi connectivity index (χ2n) is 10.0. The van der Waals surface area contributed by atoms with Gasteiger partial charge in [-0.3, -0.25) is 4.79 Å². The van der Waals surface area contributed by atoms with Gasteiger partial charge in [-0.25, -0.2) is 9.78 Å². The number of methoxy groups -OCH3 is 2. The maximum Gasteiger partial charge on any atom is 0.326 e. The first-order valence-electron chi connectivity index (χ1n) is 12.7. The van der Waals surface area contributed by atoms with Crippen LogP contribution in [0.1, 0.15) is 64.1 Å². The van der Waals surface area contributed by atoms with Gasteiger partial charge in [0.15, 0.2) is 0 Å². The van der Waals surface area contributed by atoms with Crippen LogP contribution in [0.5, 0.6) is 0 Å². The van der Waals surface area contributed by atoms with E-state index in [0.717, 1.165) is 56.7 Å². The third kappa shape index (κ3) is 10.5. The van der Waals surface area contributed by atoms with Crippen molar-refractivity contribution < 1.29 is 24.2 Å². The lowest BCUT2D eigenvalue weighted by molar-refractivity contribution is -0.143. The molecule has 1 aliphatic rings. The van der Waals surface area contributed by atoms with Crippen molar-refractivity contribution in [2.24, 2.45) is 0 Å². The van der Waals surface area contributed by atoms with E-state index < -0.39 is 17.6 Å². The molecular weight excluding hydrogens is 448 g/mol. The lowest BCUT2D eigenvalue weighted by atomic mass is 10.0. The predicted octanol–water partition coefficient (Wildman–Crippen LogP) is 2.87. The third-order valence-electron chi connectivity index (χ3n) is 6.53. The van der Waals surface area contributed by atoms with E-state index in [1.54, 1.807) is 21.0 Å². The Labute approximate surface area is 210 Å². The Hall–Kier alpha value is -2.23. The molecule has 198 valence electrons. The number of nitrogens with one attached hydrogen (secondary N) is 2. The molecule has 0 aromatic carbocycles. The molecule has 1 aliphatic heterocycles. The van der Waals surface area contributed by atoms with Gasteiger partial charge in [-0.05, 0) is 77.5 Å². The van der Waals surface area contributed by atoms with Gasteiger partial charge in [0.05, 0.1) is 18.1 Å². The summed E-state index contributed by atoms with van der Waals surface area (Å²) in [6.45, 7) is 8.67. The quantitative estimate of drug-likeness (QED) is 0.302. The molecule has 1 aromatic heterocycles. The van der Waals surface area contributed by atoms with Crippen molar-refractivity contribution in [3.63, 3.8) is 0 Å². The Bertz CT molecular complexity index is 817. The minimum absolute atomic E-state index is 0.0313. The number of hydrogen-bond donors (Lipinski definition) is 3. The Morgan fingerprint density at radius 2 is 2.03 bits per heavy atom. The molecule has 9 nitrogen and oxygen atoms in total. The van der Waals surface area contributed by atoms with Crippen LogP contribution < -0.4 is 10.6 Å². The van der Waals surface area contributed by atoms with Crippen molar-refractivity contribution in [1.29, 1.82) is 0 Å². The molecule has 0 radical (unpaired) electrons. The molecular formula is C26H44N4O5. The van der Waals surface area contributed by atoms with Gasteiger partial charge in [-0.1, -0.05) is 6.07 Å². The zero-order valence-corrected chi connectivity index (χ0v) is 22.1. The number of ether oxygens (including phenoxy) is 2. The largest absolute Gasteiger partial charge is 0.480 e. The van der Waals surface area contributed by atoms with Crippen LogP contribution in [0.25, 0.3) is 0 Å². The van der Waals surface area contributed by atoms with E-state index in [2.05, 4.69) is 27.7 Å². The number of carbonyl (C=O) groups is 2. The van der Waals surface area contributed by atoms with Crippen molar-refractivity contribution in [2.45, 2.75) is 83.5 Å². The van der Waals surface area contributed by atoms with Crippen LogP contribution in [0, 0.1) is 0 Å². The molecule has 2 heterocycles. The van der Waals surface area contributed by atoms with Crippen LogP contribution in [0.3, 0.4) is 0 Å². The van der Waals surface area contributed by atoms with Crippen LogP contribution in [0.2, 0.25) is 0 Å². The number of anilines is 1. The lowest BCUT2D eigenvalue weighted by Gasteiger charge is -2.27. The Morgan fingerprint density at radius 1 is 1.26 bits per heavy atom. The molecule has 2 unspecified atom stereocenters. The topological polar surface area (TPSA) is 113 Å². The first-order chi connectivity index (χ1) is 16.6. The van der Waals surface area contributed by atoms with Crippen molar-refractivity contribution in [2.75, 3.05) is 45.7 Å². The first kappa shape index (κ1) is 29.0. The molecule has 1 aromatic rings. The molecule has 3 N–H and O–H groups in total. The Morgan fingerprint density at radius 3 is 2.71 bits per heavy atom. The van der Waals surface area contributed by atoms with Gasteiger partial charge in [0.25, 0.3) is 0 Å². The zero-order valence-electron chi connectivity index (χ0n) is 22.1. The second-order valence-corrected chi connectivity index (χ2v) is 10.0. The van der Waals surface area contributed by atoms with Crippen LogP contribution in [0.15, 0.2) is 12.1 Å². The van der Waals surface area contributed by atoms with E-state index in [4.69, 9.17) is 14.5 Å². The molecule has 9 heteroatoms. The van der Waals surface area contributed by atoms with Crippen LogP contribution >= 0.6 is 0 Å². The minimum Gasteiger partial charge on any atom is -0.480 e. The summed E-state index contributed by atoms with van der Waals surface area (Å²) in [5.41, 5.74) is 1.75. The standard InChI is InChI=1S/C26H44N4O5/c1-19(34-4)18-30(16-13-22(25(32)33)29-23(31)17-26(2,3)35-5)15-7-6-10-21-12-11-20-9-8-14-27-24(20)28-21/h11-12,19,22H,6-10,13-18H2,1-5H3,(H,27,28)(H,29,31)(H,32,33). The van der Waals surface area contributed by atoms with E-state index in [9.17, 15) is 14.7 Å². The van der Waals surface area contributed by atoms with Gasteiger partial charge in [0.2, 0.25) is 5.91 Å². The van der Waals surface area contributed by atoms with Crippen LogP contribution in [-0.4, -0.2) is 85.0 Å². The number of rotatable bonds is 16. The maximum atomic E-state index is 12.3. The van der Waals surface area contributed by atoms with Crippen molar-refractivity contribution >= 4 is 17.7 Å². The van der Waals surface area contributed by atoms with Gasteiger partial charge in [0.1, 0.15) is 11.9 Å². The van der Waals surface area contributed by atoms with Gasteiger partial charge < -0.3 is 30.1 Å². The Balaban J connectivity index is 1.85. The average Bonchev–Trinajstić information content (AvgIpc) is 2.83. The second kappa shape index (κ2) is 14.4. The van der Waals surface area contributed by atoms with E-state index in [-0.39, 0.29) is 18.4 Å². The molecule has 0 aliphatic carbocycles. The number of aliphatic carboxylic acids is 1. The summed E-state index contributed by atoms with van der Waals surface area (Å²) >= 11 is 0. The van der Waals surface area contributed by atoms with Crippen molar-refractivity contribution in [1.82, 2.24) is 15.2 Å². The number of pyridine rings is 1. The van der Waals surface area contributed by atoms with Gasteiger partial charge >= 0.3 is 5.97 Å². The highest BCUT2D eigenvalue weighted by Gasteiger charge is 2.26. The molecule has 0 spiro atoms. The highest BCUT2D eigenvalue weighted by Crippen LogP contribution is 2.20. The summed E-state index contributed by atoms with van der Waals surface area (Å²) in [6.07, 6.45) is 5.57. The normalized spacial score (nSPS) is 15.3. The summed E-state index contributed by atoms with van der Waals surface area (Å²) in [5.74, 6) is -0.326. The minimum atomic E-state index is -1.03. The average molecular weight is 493 g/mol. The number of carboxylic acid groups (broad SMARTS) is 1. The first-order valence-corrected chi connectivity index (χ1v) is 12.7. The van der Waals surface area contributed by atoms with E-state index in [1.165, 1.54) is 12.7 Å². The van der Waals surface area contributed by atoms with Gasteiger partial charge in [0, 0.05) is 39.5 Å². The fourth-order valence-corrected chi connectivity index (χ4v) is 4.16. The molecule has 2 atom stereocenters. The number of carbonyl (C=O) groups excluding carboxylic acids is 1. The molecule has 0 fully saturated rings. The summed E-state index contributed by atoms with van der Waals surface area (Å²) in [7, 11) is 3.21. The van der Waals surface area contributed by atoms with Gasteiger partial charge in [-0.2, -0.15) is 0 Å². The summed E-state index contributed by atoms with van der Waals surface area (Å²) in [4.78, 5) is 31.1. The third-order valence-corrected chi connectivity index (χ3v) is 6.53. The van der Waals surface area contributed by atoms with E-state index in [0.29, 0.717) is 19.5 Å². The number of carboxylic acids is 1. The van der Waals surface area contributed by atoms with E-state index >= 15 is 0 Å². The Kier molecular flexibility index (Phi) is 11.9. The highest BCUT2D eigenvalue weighted by molar-refractivity contribution is 5.84. The number of nitrogens with zero attached hydrogens (tertiary/aromatic N) is 2. The monoisotopic (exact) mass is 492 g/mol. The number of amides is 1. The highest BCUT2D eigenvalue weighted by atomic mass is 16.5. The molecule has 1 amide bonds. The number of hydrogen-bond acceptors (Lipinski definition) is 7. The van der Waals surface area contributed by atoms with Crippen molar-refractivity contribution in [3.05, 3.63) is 23.4 Å². The van der Waals surface area contributed by atoms with Crippen molar-refractivity contribution in [3.8, 4) is 0 Å². The zero-order chi connectivity index (χ0) is 25.8. The molecule has 0 saturated carbocycles. The summed E-state index contributed by atoms with van der Waals surface area (Å²) in [6, 6.07) is 3.37. The number of unbranched alkanes of at least 4 members (excludes halogenated alkanes) is 1. The molecule has 2 rings (SSSR count). The molecule has 0 saturated heterocycles. The number of fused-ring (bicyclic) bond motifs is 1. The SMILES string of the molecule is COC(C)CN(CCCCc1ccc2c(n1)NCCC2)CCC(NC(=O)CC(C)(C)OC)C(=O)O. The fraction of sp³-hybridized carbons (Fsp3) is 0.731. The molecule has 0 bridgehead atoms. The maximum absolute atomic E-state index is 12.3. The smallest absolute Gasteiger partial charge is 0.326 e. The van der Waals surface area contributed by atoms with E-state index in [1.807, 2.05) is 6.92 Å². The number of aryl methyl sites for hydroxylation is 2. The fourth-order valence-electron chi connectivity index (χ4n) is 4.16. The lowest BCUT2D eigenvalue weighted by Crippen LogP contribution is -2.46. The van der Waals surface area contributed by atoms with Crippen LogP contribution in [0.4, 0.5) is 5.82 Å². The number of aromatic nitrogens is 1.